The van der Waals surface area contributed by atoms with E-state index in [1.54, 1.807) is 18.2 Å². The van der Waals surface area contributed by atoms with Crippen molar-refractivity contribution in [3.63, 3.8) is 0 Å². The molecule has 2 rings (SSSR count). The third-order valence-corrected chi connectivity index (χ3v) is 2.57. The van der Waals surface area contributed by atoms with Gasteiger partial charge in [0.1, 0.15) is 12.0 Å². The van der Waals surface area contributed by atoms with E-state index in [2.05, 4.69) is 0 Å². The number of carbonyl (C=O) groups excluding carboxylic acids is 1. The molecule has 5 nitrogen and oxygen atoms in total. The summed E-state index contributed by atoms with van der Waals surface area (Å²) in [6, 6.07) is 10.4. The van der Waals surface area contributed by atoms with Crippen molar-refractivity contribution < 1.29 is 14.5 Å². The van der Waals surface area contributed by atoms with Crippen molar-refractivity contribution in [3.05, 3.63) is 63.2 Å². The van der Waals surface area contributed by atoms with Gasteiger partial charge in [0.2, 0.25) is 5.75 Å². The van der Waals surface area contributed by atoms with E-state index in [-0.39, 0.29) is 16.5 Å². The molecule has 0 N–H and O–H groups in total. The van der Waals surface area contributed by atoms with E-state index >= 15 is 0 Å². The fraction of sp³-hybridized carbons (Fsp3) is 0. The molecule has 0 aliphatic carbocycles. The number of rotatable bonds is 4. The SMILES string of the molecule is O=Cc1cccc(Oc2ccc(Cl)cc2[N+](=O)[O-])c1. The average molecular weight is 278 g/mol. The Morgan fingerprint density at radius 1 is 1.21 bits per heavy atom. The van der Waals surface area contributed by atoms with Crippen LogP contribution in [0.25, 0.3) is 0 Å². The minimum atomic E-state index is -0.579. The number of hydrogen-bond acceptors (Lipinski definition) is 4. The van der Waals surface area contributed by atoms with Crippen LogP contribution in [0.5, 0.6) is 11.5 Å². The smallest absolute Gasteiger partial charge is 0.313 e. The molecule has 0 saturated heterocycles. The number of nitro benzene ring substituents is 1. The van der Waals surface area contributed by atoms with Gasteiger partial charge in [0, 0.05) is 16.7 Å². The second-order valence-corrected chi connectivity index (χ2v) is 4.10. The topological polar surface area (TPSA) is 69.4 Å². The standard InChI is InChI=1S/C13H8ClNO4/c14-10-4-5-13(12(7-10)15(17)18)19-11-3-1-2-9(6-11)8-16/h1-8H. The highest BCUT2D eigenvalue weighted by Gasteiger charge is 2.16. The van der Waals surface area contributed by atoms with Crippen molar-refractivity contribution in [2.24, 2.45) is 0 Å². The van der Waals surface area contributed by atoms with E-state index in [1.807, 2.05) is 0 Å². The number of nitrogens with zero attached hydrogens (tertiary/aromatic N) is 1. The monoisotopic (exact) mass is 277 g/mol. The number of benzene rings is 2. The van der Waals surface area contributed by atoms with Crippen LogP contribution >= 0.6 is 11.6 Å². The van der Waals surface area contributed by atoms with Crippen LogP contribution in [0.2, 0.25) is 5.02 Å². The summed E-state index contributed by atoms with van der Waals surface area (Å²) < 4.78 is 5.41. The molecule has 0 heterocycles. The summed E-state index contributed by atoms with van der Waals surface area (Å²) in [6.07, 6.45) is 0.670. The second kappa shape index (κ2) is 5.49. The minimum absolute atomic E-state index is 0.0671. The minimum Gasteiger partial charge on any atom is -0.450 e. The van der Waals surface area contributed by atoms with Gasteiger partial charge in [0.05, 0.1) is 4.92 Å². The Kier molecular flexibility index (Phi) is 3.77. The molecular formula is C13H8ClNO4. The van der Waals surface area contributed by atoms with E-state index in [9.17, 15) is 14.9 Å². The van der Waals surface area contributed by atoms with E-state index in [4.69, 9.17) is 16.3 Å². The molecule has 19 heavy (non-hydrogen) atoms. The molecule has 0 aromatic heterocycles. The lowest BCUT2D eigenvalue weighted by atomic mass is 10.2. The first-order valence-corrected chi connectivity index (χ1v) is 5.65. The molecule has 0 atom stereocenters. The lowest BCUT2D eigenvalue weighted by molar-refractivity contribution is -0.385. The molecule has 2 aromatic rings. The maximum absolute atomic E-state index is 10.9. The molecule has 0 aliphatic heterocycles. The van der Waals surface area contributed by atoms with Crippen LogP contribution < -0.4 is 4.74 Å². The van der Waals surface area contributed by atoms with E-state index in [0.29, 0.717) is 17.6 Å². The Morgan fingerprint density at radius 2 is 2.00 bits per heavy atom. The zero-order valence-electron chi connectivity index (χ0n) is 9.58. The van der Waals surface area contributed by atoms with Gasteiger partial charge in [-0.15, -0.1) is 0 Å². The van der Waals surface area contributed by atoms with Crippen LogP contribution in [0.1, 0.15) is 10.4 Å². The number of carbonyl (C=O) groups is 1. The van der Waals surface area contributed by atoms with Gasteiger partial charge in [-0.1, -0.05) is 23.7 Å². The van der Waals surface area contributed by atoms with Crippen LogP contribution in [0.15, 0.2) is 42.5 Å². The summed E-state index contributed by atoms with van der Waals surface area (Å²) in [5.41, 5.74) is 0.193. The van der Waals surface area contributed by atoms with Crippen LogP contribution in [0.4, 0.5) is 5.69 Å². The molecule has 0 amide bonds. The first-order valence-electron chi connectivity index (χ1n) is 5.27. The molecule has 0 spiro atoms. The highest BCUT2D eigenvalue weighted by molar-refractivity contribution is 6.30. The van der Waals surface area contributed by atoms with E-state index in [1.165, 1.54) is 24.3 Å². The zero-order valence-corrected chi connectivity index (χ0v) is 10.3. The van der Waals surface area contributed by atoms with Gasteiger partial charge in [0.25, 0.3) is 0 Å². The van der Waals surface area contributed by atoms with Crippen molar-refractivity contribution in [1.82, 2.24) is 0 Å². The van der Waals surface area contributed by atoms with Gasteiger partial charge in [0.15, 0.2) is 0 Å². The Balaban J connectivity index is 2.37. The molecular weight excluding hydrogens is 270 g/mol. The van der Waals surface area contributed by atoms with Crippen molar-refractivity contribution in [2.75, 3.05) is 0 Å². The van der Waals surface area contributed by atoms with Crippen molar-refractivity contribution in [3.8, 4) is 11.5 Å². The van der Waals surface area contributed by atoms with Gasteiger partial charge in [-0.05, 0) is 24.3 Å². The molecule has 0 aliphatic rings. The average Bonchev–Trinajstić information content (AvgIpc) is 2.41. The van der Waals surface area contributed by atoms with Gasteiger partial charge < -0.3 is 4.74 Å². The first-order chi connectivity index (χ1) is 9.10. The van der Waals surface area contributed by atoms with E-state index in [0.717, 1.165) is 0 Å². The van der Waals surface area contributed by atoms with Crippen LogP contribution in [0.3, 0.4) is 0 Å². The molecule has 96 valence electrons. The lowest BCUT2D eigenvalue weighted by Gasteiger charge is -2.06. The van der Waals surface area contributed by atoms with Crippen molar-refractivity contribution in [2.45, 2.75) is 0 Å². The maximum Gasteiger partial charge on any atom is 0.313 e. The molecule has 0 fully saturated rings. The fourth-order valence-electron chi connectivity index (χ4n) is 1.50. The predicted molar refractivity (Wildman–Crippen MR) is 70.0 cm³/mol. The third-order valence-electron chi connectivity index (χ3n) is 2.34. The van der Waals surface area contributed by atoms with E-state index < -0.39 is 4.92 Å². The molecule has 6 heteroatoms. The molecule has 0 saturated carbocycles. The second-order valence-electron chi connectivity index (χ2n) is 3.66. The quantitative estimate of drug-likeness (QED) is 0.483. The largest absolute Gasteiger partial charge is 0.450 e. The Morgan fingerprint density at radius 3 is 2.68 bits per heavy atom. The highest BCUT2D eigenvalue weighted by Crippen LogP contribution is 2.33. The van der Waals surface area contributed by atoms with Gasteiger partial charge >= 0.3 is 5.69 Å². The number of halogens is 1. The Bertz CT molecular complexity index is 642. The predicted octanol–water partition coefficient (Wildman–Crippen LogP) is 3.85. The Hall–Kier alpha value is -2.40. The van der Waals surface area contributed by atoms with Crippen molar-refractivity contribution >= 4 is 23.6 Å². The zero-order chi connectivity index (χ0) is 13.8. The molecule has 2 aromatic carbocycles. The van der Waals surface area contributed by atoms with Gasteiger partial charge in [-0.2, -0.15) is 0 Å². The summed E-state index contributed by atoms with van der Waals surface area (Å²) in [5, 5.41) is 11.1. The highest BCUT2D eigenvalue weighted by atomic mass is 35.5. The van der Waals surface area contributed by atoms with Gasteiger partial charge in [-0.3, -0.25) is 14.9 Å². The molecule has 0 radical (unpaired) electrons. The van der Waals surface area contributed by atoms with Crippen molar-refractivity contribution in [1.29, 1.82) is 0 Å². The molecule has 0 bridgehead atoms. The normalized spacial score (nSPS) is 9.95. The third kappa shape index (κ3) is 3.08. The molecule has 0 unspecified atom stereocenters. The summed E-state index contributed by atoms with van der Waals surface area (Å²) >= 11 is 5.71. The number of ether oxygens (including phenoxy) is 1. The Labute approximate surface area is 113 Å². The van der Waals surface area contributed by atoms with Gasteiger partial charge in [-0.25, -0.2) is 0 Å². The first kappa shape index (κ1) is 13.0. The summed E-state index contributed by atoms with van der Waals surface area (Å²) in [6.45, 7) is 0. The number of hydrogen-bond donors (Lipinski definition) is 0. The summed E-state index contributed by atoms with van der Waals surface area (Å²) in [7, 11) is 0. The fourth-order valence-corrected chi connectivity index (χ4v) is 1.66. The number of nitro groups is 1. The van der Waals surface area contributed by atoms with Crippen LogP contribution in [-0.4, -0.2) is 11.2 Å². The maximum atomic E-state index is 10.9. The van der Waals surface area contributed by atoms with Crippen LogP contribution in [-0.2, 0) is 0 Å². The lowest BCUT2D eigenvalue weighted by Crippen LogP contribution is -1.93. The number of aldehydes is 1. The van der Waals surface area contributed by atoms with Crippen LogP contribution in [0, 0.1) is 10.1 Å². The summed E-state index contributed by atoms with van der Waals surface area (Å²) in [4.78, 5) is 21.0. The summed E-state index contributed by atoms with van der Waals surface area (Å²) in [5.74, 6) is 0.410.